The molecule has 0 amide bonds. The van der Waals surface area contributed by atoms with Gasteiger partial charge in [0.25, 0.3) is 5.89 Å². The zero-order valence-electron chi connectivity index (χ0n) is 15.0. The first-order valence-electron chi connectivity index (χ1n) is 8.46. The van der Waals surface area contributed by atoms with Crippen molar-refractivity contribution in [2.45, 2.75) is 20.0 Å². The Kier molecular flexibility index (Phi) is 4.26. The van der Waals surface area contributed by atoms with Gasteiger partial charge in [-0.2, -0.15) is 23.3 Å². The van der Waals surface area contributed by atoms with Crippen LogP contribution in [0, 0.1) is 13.8 Å². The van der Waals surface area contributed by atoms with Crippen molar-refractivity contribution in [3.05, 3.63) is 65.2 Å². The fraction of sp³-hybridized carbons (Fsp3) is 0.150. The molecule has 0 fully saturated rings. The predicted molar refractivity (Wildman–Crippen MR) is 97.2 cm³/mol. The zero-order valence-corrected chi connectivity index (χ0v) is 15.0. The lowest BCUT2D eigenvalue weighted by atomic mass is 10.0. The van der Waals surface area contributed by atoms with Gasteiger partial charge in [0.2, 0.25) is 5.82 Å². The molecule has 4 rings (SSSR count). The van der Waals surface area contributed by atoms with Gasteiger partial charge in [-0.25, -0.2) is 0 Å². The van der Waals surface area contributed by atoms with Crippen molar-refractivity contribution in [2.75, 3.05) is 0 Å². The van der Waals surface area contributed by atoms with Crippen molar-refractivity contribution in [2.24, 2.45) is 0 Å². The van der Waals surface area contributed by atoms with Gasteiger partial charge in [0.1, 0.15) is 5.69 Å². The van der Waals surface area contributed by atoms with Crippen LogP contribution in [0.15, 0.2) is 53.1 Å². The van der Waals surface area contributed by atoms with Crippen LogP contribution >= 0.6 is 0 Å². The van der Waals surface area contributed by atoms with Crippen LogP contribution in [-0.2, 0) is 6.18 Å². The van der Waals surface area contributed by atoms with Crippen molar-refractivity contribution in [3.63, 3.8) is 0 Å². The fourth-order valence-electron chi connectivity index (χ4n) is 2.76. The summed E-state index contributed by atoms with van der Waals surface area (Å²) in [5.74, 6) is 0.221. The lowest BCUT2D eigenvalue weighted by molar-refractivity contribution is -0.137. The van der Waals surface area contributed by atoms with Crippen molar-refractivity contribution < 1.29 is 17.7 Å². The molecule has 0 atom stereocenters. The molecule has 4 aromatic rings. The Morgan fingerprint density at radius 1 is 0.929 bits per heavy atom. The normalized spacial score (nSPS) is 11.8. The number of aryl methyl sites for hydroxylation is 2. The molecule has 2 aromatic heterocycles. The van der Waals surface area contributed by atoms with Crippen LogP contribution in [0.25, 0.3) is 34.2 Å². The Balaban J connectivity index is 1.64. The Hall–Kier alpha value is -3.42. The summed E-state index contributed by atoms with van der Waals surface area (Å²) in [6.07, 6.45) is -4.44. The van der Waals surface area contributed by atoms with Gasteiger partial charge in [-0.3, -0.25) is 5.10 Å². The number of benzene rings is 2. The molecule has 0 aliphatic rings. The standard InChI is InChI=1S/C20H15F3N4O/c1-11-6-7-13(8-12(11)2)16-10-17(26-25-16)19-24-18(27-28-19)14-4-3-5-15(9-14)20(21,22)23/h3-10H,1-2H3,(H,25,26). The van der Waals surface area contributed by atoms with E-state index >= 15 is 0 Å². The molecule has 5 nitrogen and oxygen atoms in total. The number of nitrogens with zero attached hydrogens (tertiary/aromatic N) is 3. The minimum absolute atomic E-state index is 0.0726. The van der Waals surface area contributed by atoms with E-state index < -0.39 is 11.7 Å². The summed E-state index contributed by atoms with van der Waals surface area (Å²) in [6.45, 7) is 4.05. The molecule has 0 unspecified atom stereocenters. The smallest absolute Gasteiger partial charge is 0.332 e. The number of hydrogen-bond acceptors (Lipinski definition) is 4. The van der Waals surface area contributed by atoms with Gasteiger partial charge in [-0.1, -0.05) is 29.4 Å². The van der Waals surface area contributed by atoms with Crippen LogP contribution in [0.2, 0.25) is 0 Å². The largest absolute Gasteiger partial charge is 0.416 e. The second-order valence-electron chi connectivity index (χ2n) is 6.47. The second-order valence-corrected chi connectivity index (χ2v) is 6.47. The highest BCUT2D eigenvalue weighted by molar-refractivity contribution is 5.66. The molecule has 2 heterocycles. The number of alkyl halides is 3. The zero-order chi connectivity index (χ0) is 19.9. The first-order valence-corrected chi connectivity index (χ1v) is 8.46. The molecule has 1 N–H and O–H groups in total. The SMILES string of the molecule is Cc1ccc(-c2cc(-c3nc(-c4cccc(C(F)(F)F)c4)no3)[nH]n2)cc1C. The number of rotatable bonds is 3. The van der Waals surface area contributed by atoms with Crippen molar-refractivity contribution in [1.29, 1.82) is 0 Å². The summed E-state index contributed by atoms with van der Waals surface area (Å²) in [7, 11) is 0. The lowest BCUT2D eigenvalue weighted by Gasteiger charge is -2.06. The third-order valence-electron chi connectivity index (χ3n) is 4.49. The number of halogens is 3. The maximum atomic E-state index is 12.9. The summed E-state index contributed by atoms with van der Waals surface area (Å²) in [4.78, 5) is 4.20. The van der Waals surface area contributed by atoms with E-state index in [0.717, 1.165) is 23.3 Å². The first-order chi connectivity index (χ1) is 13.3. The van der Waals surface area contributed by atoms with Crippen molar-refractivity contribution >= 4 is 0 Å². The molecule has 0 radical (unpaired) electrons. The second kappa shape index (κ2) is 6.63. The average molecular weight is 384 g/mol. The van der Waals surface area contributed by atoms with Gasteiger partial charge in [0.05, 0.1) is 11.3 Å². The molecule has 28 heavy (non-hydrogen) atoms. The van der Waals surface area contributed by atoms with Crippen molar-refractivity contribution in [3.8, 4) is 34.2 Å². The Bertz CT molecular complexity index is 1140. The van der Waals surface area contributed by atoms with E-state index in [1.807, 2.05) is 32.0 Å². The van der Waals surface area contributed by atoms with E-state index in [-0.39, 0.29) is 17.3 Å². The van der Waals surface area contributed by atoms with Gasteiger partial charge in [0, 0.05) is 11.1 Å². The molecule has 0 saturated heterocycles. The van der Waals surface area contributed by atoms with Crippen LogP contribution in [-0.4, -0.2) is 20.3 Å². The molecule has 2 aromatic carbocycles. The molecule has 8 heteroatoms. The Labute approximate surface area is 158 Å². The van der Waals surface area contributed by atoms with Gasteiger partial charge >= 0.3 is 6.18 Å². The van der Waals surface area contributed by atoms with Gasteiger partial charge in [-0.05, 0) is 49.2 Å². The number of H-pyrrole nitrogens is 1. The number of aromatic nitrogens is 4. The monoisotopic (exact) mass is 384 g/mol. The molecule has 0 saturated carbocycles. The molecule has 0 spiro atoms. The van der Waals surface area contributed by atoms with E-state index in [9.17, 15) is 13.2 Å². The molecular weight excluding hydrogens is 369 g/mol. The number of aromatic amines is 1. The van der Waals surface area contributed by atoms with Crippen LogP contribution in [0.1, 0.15) is 16.7 Å². The fourth-order valence-corrected chi connectivity index (χ4v) is 2.76. The topological polar surface area (TPSA) is 67.6 Å². The third-order valence-corrected chi connectivity index (χ3v) is 4.49. The van der Waals surface area contributed by atoms with Gasteiger partial charge in [0.15, 0.2) is 0 Å². The van der Waals surface area contributed by atoms with Gasteiger partial charge < -0.3 is 4.52 Å². The summed E-state index contributed by atoms with van der Waals surface area (Å²) in [6, 6.07) is 12.5. The molecule has 142 valence electrons. The molecule has 0 aliphatic heterocycles. The summed E-state index contributed by atoms with van der Waals surface area (Å²) in [5.41, 5.74) is 3.90. The van der Waals surface area contributed by atoms with E-state index in [0.29, 0.717) is 11.4 Å². The summed E-state index contributed by atoms with van der Waals surface area (Å²) in [5, 5.41) is 10.9. The Morgan fingerprint density at radius 2 is 1.75 bits per heavy atom. The van der Waals surface area contributed by atoms with Gasteiger partial charge in [-0.15, -0.1) is 0 Å². The number of hydrogen-bond donors (Lipinski definition) is 1. The average Bonchev–Trinajstić information content (AvgIpc) is 3.32. The quantitative estimate of drug-likeness (QED) is 0.511. The predicted octanol–water partition coefficient (Wildman–Crippen LogP) is 5.43. The molecular formula is C20H15F3N4O. The first kappa shape index (κ1) is 18.0. The number of nitrogens with one attached hydrogen (secondary N) is 1. The van der Waals surface area contributed by atoms with Crippen LogP contribution in [0.3, 0.4) is 0 Å². The Morgan fingerprint density at radius 3 is 2.50 bits per heavy atom. The van der Waals surface area contributed by atoms with E-state index in [1.165, 1.54) is 17.7 Å². The minimum atomic E-state index is -4.44. The van der Waals surface area contributed by atoms with Crippen LogP contribution < -0.4 is 0 Å². The minimum Gasteiger partial charge on any atom is -0.332 e. The highest BCUT2D eigenvalue weighted by atomic mass is 19.4. The maximum absolute atomic E-state index is 12.9. The van der Waals surface area contributed by atoms with Crippen LogP contribution in [0.5, 0.6) is 0 Å². The third kappa shape index (κ3) is 3.40. The summed E-state index contributed by atoms with van der Waals surface area (Å²) >= 11 is 0. The highest BCUT2D eigenvalue weighted by Gasteiger charge is 2.30. The maximum Gasteiger partial charge on any atom is 0.416 e. The van der Waals surface area contributed by atoms with Crippen molar-refractivity contribution in [1.82, 2.24) is 20.3 Å². The lowest BCUT2D eigenvalue weighted by Crippen LogP contribution is -2.04. The highest BCUT2D eigenvalue weighted by Crippen LogP contribution is 2.32. The summed E-state index contributed by atoms with van der Waals surface area (Å²) < 4.78 is 43.9. The van der Waals surface area contributed by atoms with E-state index in [4.69, 9.17) is 4.52 Å². The van der Waals surface area contributed by atoms with Crippen LogP contribution in [0.4, 0.5) is 13.2 Å². The molecule has 0 aliphatic carbocycles. The molecule has 0 bridgehead atoms. The van der Waals surface area contributed by atoms with E-state index in [2.05, 4.69) is 20.3 Å². The van der Waals surface area contributed by atoms with E-state index in [1.54, 1.807) is 6.07 Å².